The number of nitrogens with zero attached hydrogens (tertiary/aromatic N) is 2. The summed E-state index contributed by atoms with van der Waals surface area (Å²) in [6, 6.07) is 13.4. The second kappa shape index (κ2) is 8.48. The standard InChI is InChI=1S/C20H27N3O3S/c1-15(2)16-7-9-17(10-8-16)20-19(14-26-23(20)3)27(24,25)22-13-11-18-6-4-5-12-21-18/h4-10,12,15,19-20,22H,11,13-14H2,1-3H3. The Balaban J connectivity index is 1.71. The van der Waals surface area contributed by atoms with Crippen LogP contribution in [-0.4, -0.2) is 43.9 Å². The molecule has 0 saturated carbocycles. The highest BCUT2D eigenvalue weighted by Crippen LogP contribution is 2.33. The summed E-state index contributed by atoms with van der Waals surface area (Å²) >= 11 is 0. The van der Waals surface area contributed by atoms with Crippen molar-refractivity contribution in [2.45, 2.75) is 37.5 Å². The zero-order chi connectivity index (χ0) is 19.4. The smallest absolute Gasteiger partial charge is 0.218 e. The van der Waals surface area contributed by atoms with Crippen LogP contribution in [0.1, 0.15) is 42.6 Å². The monoisotopic (exact) mass is 389 g/mol. The lowest BCUT2D eigenvalue weighted by molar-refractivity contribution is -0.110. The van der Waals surface area contributed by atoms with Crippen LogP contribution in [0.15, 0.2) is 48.7 Å². The zero-order valence-electron chi connectivity index (χ0n) is 16.0. The Morgan fingerprint density at radius 3 is 2.59 bits per heavy atom. The molecule has 2 aromatic rings. The molecule has 1 fully saturated rings. The first kappa shape index (κ1) is 19.9. The normalized spacial score (nSPS) is 21.0. The molecule has 0 bridgehead atoms. The van der Waals surface area contributed by atoms with Crippen molar-refractivity contribution >= 4 is 10.0 Å². The molecule has 2 unspecified atom stereocenters. The molecule has 1 aromatic carbocycles. The molecule has 2 heterocycles. The van der Waals surface area contributed by atoms with Crippen LogP contribution in [0.3, 0.4) is 0 Å². The fraction of sp³-hybridized carbons (Fsp3) is 0.450. The average molecular weight is 390 g/mol. The van der Waals surface area contributed by atoms with E-state index in [0.29, 0.717) is 18.9 Å². The van der Waals surface area contributed by atoms with E-state index in [1.165, 1.54) is 5.56 Å². The highest BCUT2D eigenvalue weighted by Gasteiger charge is 2.42. The van der Waals surface area contributed by atoms with Crippen molar-refractivity contribution in [2.75, 3.05) is 20.2 Å². The van der Waals surface area contributed by atoms with Gasteiger partial charge in [0.15, 0.2) is 0 Å². The summed E-state index contributed by atoms with van der Waals surface area (Å²) in [5.41, 5.74) is 3.04. The number of hydrogen-bond acceptors (Lipinski definition) is 5. The predicted molar refractivity (Wildman–Crippen MR) is 106 cm³/mol. The maximum absolute atomic E-state index is 12.9. The summed E-state index contributed by atoms with van der Waals surface area (Å²) < 4.78 is 28.5. The molecular weight excluding hydrogens is 362 g/mol. The summed E-state index contributed by atoms with van der Waals surface area (Å²) in [7, 11) is -1.75. The van der Waals surface area contributed by atoms with Gasteiger partial charge in [0.1, 0.15) is 5.25 Å². The van der Waals surface area contributed by atoms with E-state index in [9.17, 15) is 8.42 Å². The predicted octanol–water partition coefficient (Wildman–Crippen LogP) is 2.65. The van der Waals surface area contributed by atoms with Gasteiger partial charge in [-0.25, -0.2) is 13.1 Å². The lowest BCUT2D eigenvalue weighted by atomic mass is 9.98. The van der Waals surface area contributed by atoms with Crippen LogP contribution in [0.4, 0.5) is 0 Å². The lowest BCUT2D eigenvalue weighted by Crippen LogP contribution is -2.40. The van der Waals surface area contributed by atoms with E-state index in [2.05, 4.69) is 35.7 Å². The quantitative estimate of drug-likeness (QED) is 0.788. The van der Waals surface area contributed by atoms with Gasteiger partial charge in [-0.1, -0.05) is 44.2 Å². The SMILES string of the molecule is CC(C)c1ccc(C2C(S(=O)(=O)NCCc3ccccn3)CON2C)cc1. The Morgan fingerprint density at radius 1 is 1.22 bits per heavy atom. The summed E-state index contributed by atoms with van der Waals surface area (Å²) in [6.45, 7) is 4.74. The minimum Gasteiger partial charge on any atom is -0.297 e. The molecule has 146 valence electrons. The van der Waals surface area contributed by atoms with Crippen LogP contribution < -0.4 is 4.72 Å². The maximum Gasteiger partial charge on any atom is 0.218 e. The summed E-state index contributed by atoms with van der Waals surface area (Å²) in [5.74, 6) is 0.435. The van der Waals surface area contributed by atoms with Crippen molar-refractivity contribution in [3.05, 3.63) is 65.5 Å². The number of hydroxylamine groups is 2. The van der Waals surface area contributed by atoms with Crippen molar-refractivity contribution < 1.29 is 13.3 Å². The number of hydrogen-bond donors (Lipinski definition) is 1. The summed E-state index contributed by atoms with van der Waals surface area (Å²) in [5, 5.41) is 0.990. The molecule has 1 N–H and O–H groups in total. The summed E-state index contributed by atoms with van der Waals surface area (Å²) in [6.07, 6.45) is 2.26. The van der Waals surface area contributed by atoms with Gasteiger partial charge in [-0.15, -0.1) is 0 Å². The maximum atomic E-state index is 12.9. The van der Waals surface area contributed by atoms with Gasteiger partial charge >= 0.3 is 0 Å². The fourth-order valence-corrected chi connectivity index (χ4v) is 4.84. The number of nitrogens with one attached hydrogen (secondary N) is 1. The molecule has 1 aliphatic rings. The molecule has 3 rings (SSSR count). The van der Waals surface area contributed by atoms with Gasteiger partial charge in [0.05, 0.1) is 12.6 Å². The first-order chi connectivity index (χ1) is 12.9. The Kier molecular flexibility index (Phi) is 6.26. The van der Waals surface area contributed by atoms with Crippen molar-refractivity contribution in [2.24, 2.45) is 0 Å². The highest BCUT2D eigenvalue weighted by atomic mass is 32.2. The van der Waals surface area contributed by atoms with E-state index in [4.69, 9.17) is 4.84 Å². The third kappa shape index (κ3) is 4.73. The Morgan fingerprint density at radius 2 is 1.96 bits per heavy atom. The van der Waals surface area contributed by atoms with Crippen molar-refractivity contribution in [3.8, 4) is 0 Å². The van der Waals surface area contributed by atoms with Gasteiger partial charge in [-0.05, 0) is 29.2 Å². The van der Waals surface area contributed by atoms with Gasteiger partial charge in [0.25, 0.3) is 0 Å². The third-order valence-electron chi connectivity index (χ3n) is 4.94. The van der Waals surface area contributed by atoms with Gasteiger partial charge in [-0.2, -0.15) is 5.06 Å². The number of pyridine rings is 1. The van der Waals surface area contributed by atoms with E-state index >= 15 is 0 Å². The molecule has 7 heteroatoms. The zero-order valence-corrected chi connectivity index (χ0v) is 16.8. The van der Waals surface area contributed by atoms with E-state index in [0.717, 1.165) is 11.3 Å². The van der Waals surface area contributed by atoms with E-state index in [1.807, 2.05) is 30.3 Å². The van der Waals surface area contributed by atoms with Crippen LogP contribution in [0.5, 0.6) is 0 Å². The molecule has 1 aliphatic heterocycles. The second-order valence-electron chi connectivity index (χ2n) is 7.16. The van der Waals surface area contributed by atoms with Crippen LogP contribution in [0, 0.1) is 0 Å². The van der Waals surface area contributed by atoms with E-state index in [1.54, 1.807) is 18.3 Å². The van der Waals surface area contributed by atoms with Crippen LogP contribution >= 0.6 is 0 Å². The average Bonchev–Trinajstić information content (AvgIpc) is 3.05. The molecule has 0 spiro atoms. The Labute approximate surface area is 161 Å². The van der Waals surface area contributed by atoms with Crippen molar-refractivity contribution in [3.63, 3.8) is 0 Å². The van der Waals surface area contributed by atoms with Crippen molar-refractivity contribution in [1.29, 1.82) is 0 Å². The van der Waals surface area contributed by atoms with Crippen LogP contribution in [0.25, 0.3) is 0 Å². The number of rotatable bonds is 7. The fourth-order valence-electron chi connectivity index (χ4n) is 3.33. The van der Waals surface area contributed by atoms with Crippen LogP contribution in [0.2, 0.25) is 0 Å². The molecule has 2 atom stereocenters. The second-order valence-corrected chi connectivity index (χ2v) is 9.14. The molecule has 0 aliphatic carbocycles. The van der Waals surface area contributed by atoms with E-state index < -0.39 is 15.3 Å². The number of benzene rings is 1. The molecule has 0 radical (unpaired) electrons. The molecule has 1 saturated heterocycles. The Bertz CT molecular complexity index is 839. The number of sulfonamides is 1. The van der Waals surface area contributed by atoms with Gasteiger partial charge < -0.3 is 0 Å². The van der Waals surface area contributed by atoms with E-state index in [-0.39, 0.29) is 12.6 Å². The molecule has 0 amide bonds. The Hall–Kier alpha value is -1.80. The first-order valence-corrected chi connectivity index (χ1v) is 10.8. The highest BCUT2D eigenvalue weighted by molar-refractivity contribution is 7.90. The minimum absolute atomic E-state index is 0.145. The molecule has 1 aromatic heterocycles. The molecule has 6 nitrogen and oxygen atoms in total. The first-order valence-electron chi connectivity index (χ1n) is 9.22. The van der Waals surface area contributed by atoms with Gasteiger partial charge in [0, 0.05) is 31.9 Å². The van der Waals surface area contributed by atoms with Crippen LogP contribution in [-0.2, 0) is 21.3 Å². The third-order valence-corrected chi connectivity index (χ3v) is 6.74. The van der Waals surface area contributed by atoms with Gasteiger partial charge in [-0.3, -0.25) is 9.82 Å². The summed E-state index contributed by atoms with van der Waals surface area (Å²) in [4.78, 5) is 9.79. The van der Waals surface area contributed by atoms with Gasteiger partial charge in [0.2, 0.25) is 10.0 Å². The van der Waals surface area contributed by atoms with Crippen molar-refractivity contribution in [1.82, 2.24) is 14.8 Å². The largest absolute Gasteiger partial charge is 0.297 e. The lowest BCUT2D eigenvalue weighted by Gasteiger charge is -2.23. The molecule has 27 heavy (non-hydrogen) atoms. The minimum atomic E-state index is -3.53. The number of aromatic nitrogens is 1. The topological polar surface area (TPSA) is 71.5 Å². The molecular formula is C20H27N3O3S.